The number of nitrogens with zero attached hydrogens (tertiary/aromatic N) is 3. The van der Waals surface area contributed by atoms with E-state index in [1.807, 2.05) is 63.2 Å². The highest BCUT2D eigenvalue weighted by Crippen LogP contribution is 2.31. The third kappa shape index (κ3) is 5.61. The third-order valence-electron chi connectivity index (χ3n) is 3.61. The molecule has 0 aliphatic heterocycles. The van der Waals surface area contributed by atoms with Crippen molar-refractivity contribution >= 4 is 22.4 Å². The number of thiazole rings is 1. The van der Waals surface area contributed by atoms with Crippen molar-refractivity contribution in [2.45, 2.75) is 33.0 Å². The Morgan fingerprint density at radius 1 is 1.11 bits per heavy atom. The molecule has 3 rings (SSSR count). The van der Waals surface area contributed by atoms with Crippen molar-refractivity contribution in [1.82, 2.24) is 9.97 Å². The molecule has 2 aromatic heterocycles. The summed E-state index contributed by atoms with van der Waals surface area (Å²) in [6.07, 6.45) is 4.64. The number of pyridine rings is 1. The zero-order chi connectivity index (χ0) is 20.0. The summed E-state index contributed by atoms with van der Waals surface area (Å²) in [6.45, 7) is 5.97. The molecule has 0 unspecified atom stereocenters. The number of hydrogen-bond acceptors (Lipinski definition) is 6. The van der Waals surface area contributed by atoms with Crippen LogP contribution >= 0.6 is 11.3 Å². The zero-order valence-electron chi connectivity index (χ0n) is 16.2. The summed E-state index contributed by atoms with van der Waals surface area (Å²) in [5, 5.41) is 1.43. The van der Waals surface area contributed by atoms with E-state index in [-0.39, 0.29) is 6.73 Å². The lowest BCUT2D eigenvalue weighted by Gasteiger charge is -2.26. The summed E-state index contributed by atoms with van der Waals surface area (Å²) in [4.78, 5) is 22.7. The summed E-state index contributed by atoms with van der Waals surface area (Å²) in [6, 6.07) is 13.6. The molecule has 0 saturated carbocycles. The molecule has 28 heavy (non-hydrogen) atoms. The van der Waals surface area contributed by atoms with Crippen LogP contribution in [0.15, 0.2) is 61.1 Å². The molecule has 7 heteroatoms. The zero-order valence-corrected chi connectivity index (χ0v) is 17.0. The molecule has 1 amide bonds. The maximum Gasteiger partial charge on any atom is 0.417 e. The van der Waals surface area contributed by atoms with Crippen LogP contribution in [0.25, 0.3) is 10.6 Å². The molecule has 0 atom stereocenters. The maximum absolute atomic E-state index is 12.7. The van der Waals surface area contributed by atoms with E-state index in [0.717, 1.165) is 16.1 Å². The molecule has 0 aliphatic carbocycles. The van der Waals surface area contributed by atoms with Gasteiger partial charge in [-0.25, -0.2) is 14.7 Å². The van der Waals surface area contributed by atoms with Gasteiger partial charge in [-0.15, -0.1) is 0 Å². The van der Waals surface area contributed by atoms with E-state index in [4.69, 9.17) is 9.47 Å². The van der Waals surface area contributed by atoms with Gasteiger partial charge in [0.15, 0.2) is 0 Å². The average molecular weight is 398 g/mol. The van der Waals surface area contributed by atoms with Crippen molar-refractivity contribution in [3.05, 3.63) is 66.6 Å². The number of rotatable bonds is 6. The van der Waals surface area contributed by atoms with Crippen LogP contribution in [0.2, 0.25) is 0 Å². The first-order valence-corrected chi connectivity index (χ1v) is 9.72. The number of amides is 1. The molecule has 6 nitrogen and oxygen atoms in total. The molecule has 0 fully saturated rings. The molecule has 1 aromatic carbocycles. The first-order chi connectivity index (χ1) is 13.4. The standard InChI is InChI=1S/C21H23N3O3S/c1-21(2,3)27-20(25)24(15-26-14-16-8-5-4-6-9-16)18-13-23-19(28-18)17-10-7-11-22-12-17/h4-13H,14-15H2,1-3H3. The molecule has 0 saturated heterocycles. The quantitative estimate of drug-likeness (QED) is 0.540. The molecular weight excluding hydrogens is 374 g/mol. The fourth-order valence-corrected chi connectivity index (χ4v) is 3.25. The smallest absolute Gasteiger partial charge is 0.417 e. The summed E-state index contributed by atoms with van der Waals surface area (Å²) in [7, 11) is 0. The molecule has 0 N–H and O–H groups in total. The van der Waals surface area contributed by atoms with Crippen LogP contribution in [-0.4, -0.2) is 28.4 Å². The highest BCUT2D eigenvalue weighted by atomic mass is 32.1. The van der Waals surface area contributed by atoms with Gasteiger partial charge in [0.1, 0.15) is 22.3 Å². The number of anilines is 1. The third-order valence-corrected chi connectivity index (χ3v) is 4.68. The Kier molecular flexibility index (Phi) is 6.38. The highest BCUT2D eigenvalue weighted by Gasteiger charge is 2.25. The van der Waals surface area contributed by atoms with E-state index in [1.54, 1.807) is 18.6 Å². The number of ether oxygens (including phenoxy) is 2. The molecule has 0 spiro atoms. The number of carbonyl (C=O) groups is 1. The van der Waals surface area contributed by atoms with Crippen LogP contribution in [0.3, 0.4) is 0 Å². The van der Waals surface area contributed by atoms with Gasteiger partial charge in [-0.05, 0) is 38.5 Å². The van der Waals surface area contributed by atoms with E-state index >= 15 is 0 Å². The first-order valence-electron chi connectivity index (χ1n) is 8.91. The largest absolute Gasteiger partial charge is 0.443 e. The Morgan fingerprint density at radius 3 is 2.57 bits per heavy atom. The number of aromatic nitrogens is 2. The van der Waals surface area contributed by atoms with Crippen molar-refractivity contribution in [2.24, 2.45) is 0 Å². The molecule has 3 aromatic rings. The van der Waals surface area contributed by atoms with Gasteiger partial charge in [0, 0.05) is 18.0 Å². The lowest BCUT2D eigenvalue weighted by molar-refractivity contribution is 0.0477. The summed E-state index contributed by atoms with van der Waals surface area (Å²) in [5.41, 5.74) is 1.33. The van der Waals surface area contributed by atoms with Crippen LogP contribution < -0.4 is 4.90 Å². The summed E-state index contributed by atoms with van der Waals surface area (Å²) in [5.74, 6) is 0. The van der Waals surface area contributed by atoms with Crippen LogP contribution in [0, 0.1) is 0 Å². The van der Waals surface area contributed by atoms with Crippen LogP contribution in [0.5, 0.6) is 0 Å². The molecule has 0 aliphatic rings. The van der Waals surface area contributed by atoms with Crippen LogP contribution in [-0.2, 0) is 16.1 Å². The Hall–Kier alpha value is -2.77. The van der Waals surface area contributed by atoms with E-state index in [1.165, 1.54) is 16.2 Å². The van der Waals surface area contributed by atoms with Gasteiger partial charge in [-0.2, -0.15) is 0 Å². The van der Waals surface area contributed by atoms with Gasteiger partial charge in [0.25, 0.3) is 0 Å². The summed E-state index contributed by atoms with van der Waals surface area (Å²) >= 11 is 1.39. The SMILES string of the molecule is CC(C)(C)OC(=O)N(COCc1ccccc1)c1cnc(-c2cccnc2)s1. The highest BCUT2D eigenvalue weighted by molar-refractivity contribution is 7.19. The predicted octanol–water partition coefficient (Wildman–Crippen LogP) is 5.12. The average Bonchev–Trinajstić information content (AvgIpc) is 3.15. The lowest BCUT2D eigenvalue weighted by atomic mass is 10.2. The minimum Gasteiger partial charge on any atom is -0.443 e. The first kappa shape index (κ1) is 20.0. The van der Waals surface area contributed by atoms with E-state index in [0.29, 0.717) is 11.6 Å². The molecular formula is C21H23N3O3S. The maximum atomic E-state index is 12.7. The van der Waals surface area contributed by atoms with Gasteiger partial charge in [0.2, 0.25) is 0 Å². The Balaban J connectivity index is 1.76. The van der Waals surface area contributed by atoms with E-state index in [9.17, 15) is 4.79 Å². The van der Waals surface area contributed by atoms with Crippen molar-refractivity contribution < 1.29 is 14.3 Å². The predicted molar refractivity (Wildman–Crippen MR) is 110 cm³/mol. The number of hydrogen-bond donors (Lipinski definition) is 0. The fraction of sp³-hybridized carbons (Fsp3) is 0.286. The Morgan fingerprint density at radius 2 is 1.89 bits per heavy atom. The van der Waals surface area contributed by atoms with Gasteiger partial charge in [-0.1, -0.05) is 41.7 Å². The molecule has 2 heterocycles. The van der Waals surface area contributed by atoms with Crippen molar-refractivity contribution in [2.75, 3.05) is 11.6 Å². The van der Waals surface area contributed by atoms with Gasteiger partial charge in [0.05, 0.1) is 12.8 Å². The second-order valence-corrected chi connectivity index (χ2v) is 8.13. The number of benzene rings is 1. The summed E-state index contributed by atoms with van der Waals surface area (Å²) < 4.78 is 11.3. The van der Waals surface area contributed by atoms with E-state index < -0.39 is 11.7 Å². The molecule has 0 bridgehead atoms. The van der Waals surface area contributed by atoms with Crippen LogP contribution in [0.1, 0.15) is 26.3 Å². The van der Waals surface area contributed by atoms with Crippen LogP contribution in [0.4, 0.5) is 9.80 Å². The van der Waals surface area contributed by atoms with Crippen molar-refractivity contribution in [3.8, 4) is 10.6 Å². The molecule has 146 valence electrons. The van der Waals surface area contributed by atoms with Gasteiger partial charge >= 0.3 is 6.09 Å². The van der Waals surface area contributed by atoms with Crippen molar-refractivity contribution in [3.63, 3.8) is 0 Å². The minimum absolute atomic E-state index is 0.0679. The lowest BCUT2D eigenvalue weighted by Crippen LogP contribution is -2.37. The fourth-order valence-electron chi connectivity index (χ4n) is 2.37. The van der Waals surface area contributed by atoms with Gasteiger partial charge in [-0.3, -0.25) is 4.98 Å². The second-order valence-electron chi connectivity index (χ2n) is 7.12. The van der Waals surface area contributed by atoms with Gasteiger partial charge < -0.3 is 9.47 Å². The Labute approximate surface area is 168 Å². The number of carbonyl (C=O) groups excluding carboxylic acids is 1. The molecule has 0 radical (unpaired) electrons. The minimum atomic E-state index is -0.606. The monoisotopic (exact) mass is 397 g/mol. The van der Waals surface area contributed by atoms with Crippen molar-refractivity contribution in [1.29, 1.82) is 0 Å². The van der Waals surface area contributed by atoms with E-state index in [2.05, 4.69) is 9.97 Å². The Bertz CT molecular complexity index is 892. The second kappa shape index (κ2) is 8.95. The topological polar surface area (TPSA) is 64.5 Å². The normalized spacial score (nSPS) is 11.2.